The predicted octanol–water partition coefficient (Wildman–Crippen LogP) is -0.352. The first-order valence-corrected chi connectivity index (χ1v) is 5.76. The maximum absolute atomic E-state index is 9.96. The second-order valence-electron chi connectivity index (χ2n) is 4.36. The molecule has 1 aliphatic rings. The van der Waals surface area contributed by atoms with E-state index in [1.807, 2.05) is 12.1 Å². The molecule has 3 N–H and O–H groups in total. The molecule has 0 bridgehead atoms. The number of hydrogen-bond acceptors (Lipinski definition) is 5. The van der Waals surface area contributed by atoms with Gasteiger partial charge in [-0.1, -0.05) is 0 Å². The van der Waals surface area contributed by atoms with E-state index in [9.17, 15) is 10.2 Å². The molecule has 0 saturated carbocycles. The highest BCUT2D eigenvalue weighted by Crippen LogP contribution is 2.31. The summed E-state index contributed by atoms with van der Waals surface area (Å²) in [6, 6.07) is 5.46. The van der Waals surface area contributed by atoms with Gasteiger partial charge in [0.15, 0.2) is 6.23 Å². The Bertz CT molecular complexity index is 556. The molecule has 6 heteroatoms. The van der Waals surface area contributed by atoms with Crippen molar-refractivity contribution in [2.24, 2.45) is 0 Å². The minimum Gasteiger partial charge on any atom is -0.394 e. The number of pyridine rings is 1. The summed E-state index contributed by atoms with van der Waals surface area (Å²) in [5.74, 6) is 0. The van der Waals surface area contributed by atoms with E-state index >= 15 is 0 Å². The van der Waals surface area contributed by atoms with Gasteiger partial charge < -0.3 is 24.6 Å². The summed E-state index contributed by atoms with van der Waals surface area (Å²) in [5, 5.41) is 28.8. The van der Waals surface area contributed by atoms with Crippen LogP contribution in [0, 0.1) is 0 Å². The van der Waals surface area contributed by atoms with E-state index in [1.54, 1.807) is 23.0 Å². The van der Waals surface area contributed by atoms with E-state index in [0.717, 1.165) is 11.0 Å². The van der Waals surface area contributed by atoms with Crippen LogP contribution in [0.1, 0.15) is 6.23 Å². The lowest BCUT2D eigenvalue weighted by atomic mass is 10.1. The summed E-state index contributed by atoms with van der Waals surface area (Å²) in [6.45, 7) is -0.327. The molecule has 1 saturated heterocycles. The fraction of sp³-hybridized carbons (Fsp3) is 0.417. The van der Waals surface area contributed by atoms with Crippen LogP contribution in [-0.2, 0) is 4.74 Å². The lowest BCUT2D eigenvalue weighted by molar-refractivity contribution is -0.0506. The molecule has 0 spiro atoms. The van der Waals surface area contributed by atoms with E-state index in [1.165, 1.54) is 0 Å². The van der Waals surface area contributed by atoms with Gasteiger partial charge in [-0.2, -0.15) is 0 Å². The number of aromatic nitrogens is 2. The summed E-state index contributed by atoms with van der Waals surface area (Å²) in [5.41, 5.74) is 1.60. The van der Waals surface area contributed by atoms with Gasteiger partial charge in [-0.3, -0.25) is 4.98 Å². The molecular weight excluding hydrogens is 236 g/mol. The van der Waals surface area contributed by atoms with E-state index in [-0.39, 0.29) is 6.61 Å². The third-order valence-corrected chi connectivity index (χ3v) is 3.28. The Kier molecular flexibility index (Phi) is 2.79. The molecule has 3 rings (SSSR count). The molecular formula is C12H14N2O4. The molecule has 6 nitrogen and oxygen atoms in total. The third-order valence-electron chi connectivity index (χ3n) is 3.28. The van der Waals surface area contributed by atoms with Gasteiger partial charge in [0, 0.05) is 12.4 Å². The summed E-state index contributed by atoms with van der Waals surface area (Å²) >= 11 is 0. The van der Waals surface area contributed by atoms with Crippen molar-refractivity contribution in [3.8, 4) is 0 Å². The van der Waals surface area contributed by atoms with Crippen LogP contribution < -0.4 is 0 Å². The average Bonchev–Trinajstić information content (AvgIpc) is 2.93. The molecule has 18 heavy (non-hydrogen) atoms. The number of ether oxygens (including phenoxy) is 1. The van der Waals surface area contributed by atoms with Crippen molar-refractivity contribution in [1.29, 1.82) is 0 Å². The Balaban J connectivity index is 2.00. The fourth-order valence-corrected chi connectivity index (χ4v) is 2.32. The largest absolute Gasteiger partial charge is 0.394 e. The van der Waals surface area contributed by atoms with Crippen molar-refractivity contribution >= 4 is 11.0 Å². The Hall–Kier alpha value is -1.47. The van der Waals surface area contributed by atoms with Crippen LogP contribution in [0.25, 0.3) is 11.0 Å². The first-order valence-electron chi connectivity index (χ1n) is 5.76. The lowest BCUT2D eigenvalue weighted by Gasteiger charge is -2.17. The van der Waals surface area contributed by atoms with Gasteiger partial charge in [-0.15, -0.1) is 0 Å². The van der Waals surface area contributed by atoms with E-state index in [2.05, 4.69) is 4.98 Å². The molecule has 0 radical (unpaired) electrons. The van der Waals surface area contributed by atoms with Crippen molar-refractivity contribution in [1.82, 2.24) is 9.55 Å². The van der Waals surface area contributed by atoms with Crippen LogP contribution in [0.2, 0.25) is 0 Å². The number of aliphatic hydroxyl groups is 3. The Labute approximate surface area is 103 Å². The topological polar surface area (TPSA) is 87.7 Å². The predicted molar refractivity (Wildman–Crippen MR) is 62.7 cm³/mol. The maximum atomic E-state index is 9.96. The molecule has 2 aromatic heterocycles. The van der Waals surface area contributed by atoms with E-state index in [4.69, 9.17) is 9.84 Å². The molecule has 0 aromatic carbocycles. The zero-order valence-corrected chi connectivity index (χ0v) is 9.55. The molecule has 2 aromatic rings. The highest BCUT2D eigenvalue weighted by atomic mass is 16.6. The molecule has 96 valence electrons. The maximum Gasteiger partial charge on any atom is 0.163 e. The molecule has 4 unspecified atom stereocenters. The first-order chi connectivity index (χ1) is 8.72. The van der Waals surface area contributed by atoms with E-state index < -0.39 is 24.5 Å². The monoisotopic (exact) mass is 250 g/mol. The molecule has 0 amide bonds. The fourth-order valence-electron chi connectivity index (χ4n) is 2.32. The highest BCUT2D eigenvalue weighted by Gasteiger charge is 2.43. The number of nitrogens with zero attached hydrogens (tertiary/aromatic N) is 2. The normalized spacial score (nSPS) is 32.2. The van der Waals surface area contributed by atoms with E-state index in [0.29, 0.717) is 0 Å². The molecule has 4 atom stereocenters. The standard InChI is InChI=1S/C12H14N2O4/c15-6-9-10(16)11(17)12(18-9)14-5-3-7-8(14)2-1-4-13-7/h1-5,9-12,15-17H,6H2. The first kappa shape index (κ1) is 11.6. The summed E-state index contributed by atoms with van der Waals surface area (Å²) in [4.78, 5) is 4.19. The Morgan fingerprint density at radius 1 is 1.28 bits per heavy atom. The highest BCUT2D eigenvalue weighted by molar-refractivity contribution is 5.75. The van der Waals surface area contributed by atoms with Gasteiger partial charge in [-0.05, 0) is 18.2 Å². The van der Waals surface area contributed by atoms with Gasteiger partial charge >= 0.3 is 0 Å². The minimum absolute atomic E-state index is 0.327. The summed E-state index contributed by atoms with van der Waals surface area (Å²) in [7, 11) is 0. The Morgan fingerprint density at radius 3 is 2.83 bits per heavy atom. The lowest BCUT2D eigenvalue weighted by Crippen LogP contribution is -2.33. The quantitative estimate of drug-likeness (QED) is 0.678. The van der Waals surface area contributed by atoms with Gasteiger partial charge in [-0.25, -0.2) is 0 Å². The van der Waals surface area contributed by atoms with Gasteiger partial charge in [0.2, 0.25) is 0 Å². The zero-order chi connectivity index (χ0) is 12.7. The number of fused-ring (bicyclic) bond motifs is 1. The minimum atomic E-state index is -1.09. The van der Waals surface area contributed by atoms with Gasteiger partial charge in [0.1, 0.15) is 18.3 Å². The molecule has 0 aliphatic carbocycles. The van der Waals surface area contributed by atoms with Crippen molar-refractivity contribution in [2.45, 2.75) is 24.5 Å². The average molecular weight is 250 g/mol. The van der Waals surface area contributed by atoms with Crippen LogP contribution in [0.5, 0.6) is 0 Å². The van der Waals surface area contributed by atoms with Crippen LogP contribution in [-0.4, -0.2) is 49.8 Å². The third kappa shape index (κ3) is 1.62. The SMILES string of the molecule is OCC1OC(n2ccc3ncccc32)C(O)C1O. The van der Waals surface area contributed by atoms with Crippen LogP contribution in [0.4, 0.5) is 0 Å². The summed E-state index contributed by atoms with van der Waals surface area (Å²) < 4.78 is 7.19. The second-order valence-corrected chi connectivity index (χ2v) is 4.36. The van der Waals surface area contributed by atoms with Crippen LogP contribution in [0.15, 0.2) is 30.6 Å². The van der Waals surface area contributed by atoms with Gasteiger partial charge in [0.25, 0.3) is 0 Å². The molecule has 3 heterocycles. The Morgan fingerprint density at radius 2 is 2.11 bits per heavy atom. The van der Waals surface area contributed by atoms with Crippen molar-refractivity contribution in [2.75, 3.05) is 6.61 Å². The van der Waals surface area contributed by atoms with Crippen molar-refractivity contribution < 1.29 is 20.1 Å². The van der Waals surface area contributed by atoms with Crippen LogP contribution in [0.3, 0.4) is 0 Å². The zero-order valence-electron chi connectivity index (χ0n) is 9.55. The van der Waals surface area contributed by atoms with Crippen LogP contribution >= 0.6 is 0 Å². The second kappa shape index (κ2) is 4.33. The number of rotatable bonds is 2. The summed E-state index contributed by atoms with van der Waals surface area (Å²) in [6.07, 6.45) is -0.202. The number of aliphatic hydroxyl groups excluding tert-OH is 3. The smallest absolute Gasteiger partial charge is 0.163 e. The van der Waals surface area contributed by atoms with Crippen molar-refractivity contribution in [3.63, 3.8) is 0 Å². The van der Waals surface area contributed by atoms with Crippen molar-refractivity contribution in [3.05, 3.63) is 30.6 Å². The molecule has 1 fully saturated rings. The van der Waals surface area contributed by atoms with Gasteiger partial charge in [0.05, 0.1) is 17.6 Å². The molecule has 1 aliphatic heterocycles. The number of hydrogen-bond donors (Lipinski definition) is 3.